The van der Waals surface area contributed by atoms with Gasteiger partial charge in [0.1, 0.15) is 11.5 Å². The molecule has 0 fully saturated rings. The maximum absolute atomic E-state index is 12.8. The zero-order valence-electron chi connectivity index (χ0n) is 11.4. The fraction of sp³-hybridized carbons (Fsp3) is 0.133. The highest BCUT2D eigenvalue weighted by molar-refractivity contribution is 5.52. The third-order valence-electron chi connectivity index (χ3n) is 3.09. The van der Waals surface area contributed by atoms with Gasteiger partial charge in [-0.15, -0.1) is 10.2 Å². The van der Waals surface area contributed by atoms with E-state index < -0.39 is 0 Å². The van der Waals surface area contributed by atoms with Gasteiger partial charge in [0, 0.05) is 6.20 Å². The van der Waals surface area contributed by atoms with Crippen LogP contribution in [0.25, 0.3) is 5.65 Å². The van der Waals surface area contributed by atoms with Crippen molar-refractivity contribution < 1.29 is 9.50 Å². The van der Waals surface area contributed by atoms with E-state index in [1.165, 1.54) is 12.1 Å². The first-order valence-corrected chi connectivity index (χ1v) is 6.43. The molecule has 5 nitrogen and oxygen atoms in total. The lowest BCUT2D eigenvalue weighted by atomic mass is 10.3. The highest BCUT2D eigenvalue weighted by Crippen LogP contribution is 2.24. The molecule has 0 amide bonds. The minimum atomic E-state index is -0.312. The topological polar surface area (TPSA) is 62.2 Å². The van der Waals surface area contributed by atoms with Crippen LogP contribution in [0.15, 0.2) is 52.8 Å². The fourth-order valence-corrected chi connectivity index (χ4v) is 2.02. The number of hydrogen-bond donors (Lipinski definition) is 1. The summed E-state index contributed by atoms with van der Waals surface area (Å²) in [6.45, 7) is 1.78. The van der Waals surface area contributed by atoms with Crippen molar-refractivity contribution in [1.29, 1.82) is 0 Å². The first-order chi connectivity index (χ1) is 10.2. The van der Waals surface area contributed by atoms with Crippen LogP contribution in [0.2, 0.25) is 0 Å². The quantitative estimate of drug-likeness (QED) is 0.745. The van der Waals surface area contributed by atoms with Crippen LogP contribution in [0.3, 0.4) is 0 Å². The van der Waals surface area contributed by atoms with Crippen LogP contribution < -0.4 is 0 Å². The third-order valence-corrected chi connectivity index (χ3v) is 3.09. The zero-order valence-corrected chi connectivity index (χ0v) is 11.4. The first-order valence-electron chi connectivity index (χ1n) is 6.43. The standard InChI is InChI=1S/C15H13FN4O/c1-10-15(19-18-13-5-3-12(16)4-6-13)20-8-11(9-21)2-7-14(20)17-10/h2-8,21H,9H2,1H3. The van der Waals surface area contributed by atoms with E-state index in [0.717, 1.165) is 16.9 Å². The average molecular weight is 284 g/mol. The Hall–Kier alpha value is -2.60. The molecule has 0 atom stereocenters. The number of fused-ring (bicyclic) bond motifs is 1. The Kier molecular flexibility index (Phi) is 3.45. The van der Waals surface area contributed by atoms with Crippen molar-refractivity contribution in [3.05, 3.63) is 59.7 Å². The lowest BCUT2D eigenvalue weighted by Gasteiger charge is -1.99. The van der Waals surface area contributed by atoms with Crippen LogP contribution in [0, 0.1) is 12.7 Å². The van der Waals surface area contributed by atoms with E-state index in [9.17, 15) is 9.50 Å². The first kappa shape index (κ1) is 13.4. The molecule has 0 unspecified atom stereocenters. The Bertz CT molecular complexity index is 808. The molecule has 1 aromatic carbocycles. The minimum Gasteiger partial charge on any atom is -0.392 e. The average Bonchev–Trinajstić information content (AvgIpc) is 2.81. The zero-order chi connectivity index (χ0) is 14.8. The van der Waals surface area contributed by atoms with Crippen LogP contribution in [0.4, 0.5) is 15.9 Å². The molecule has 0 saturated heterocycles. The van der Waals surface area contributed by atoms with Gasteiger partial charge in [0.05, 0.1) is 18.0 Å². The number of benzene rings is 1. The lowest BCUT2D eigenvalue weighted by Crippen LogP contribution is -1.89. The van der Waals surface area contributed by atoms with Gasteiger partial charge in [0.25, 0.3) is 0 Å². The number of aryl methyl sites for hydroxylation is 1. The molecule has 6 heteroatoms. The minimum absolute atomic E-state index is 0.0539. The van der Waals surface area contributed by atoms with Gasteiger partial charge in [-0.2, -0.15) is 0 Å². The van der Waals surface area contributed by atoms with Gasteiger partial charge < -0.3 is 5.11 Å². The summed E-state index contributed by atoms with van der Waals surface area (Å²) >= 11 is 0. The number of aromatic nitrogens is 2. The van der Waals surface area contributed by atoms with Gasteiger partial charge in [-0.05, 0) is 42.8 Å². The molecule has 2 aromatic heterocycles. The van der Waals surface area contributed by atoms with Crippen LogP contribution in [0.1, 0.15) is 11.3 Å². The Balaban J connectivity index is 2.03. The van der Waals surface area contributed by atoms with E-state index in [0.29, 0.717) is 11.5 Å². The molecule has 0 radical (unpaired) electrons. The monoisotopic (exact) mass is 284 g/mol. The summed E-state index contributed by atoms with van der Waals surface area (Å²) in [4.78, 5) is 4.38. The molecule has 0 aliphatic carbocycles. The Morgan fingerprint density at radius 3 is 2.62 bits per heavy atom. The van der Waals surface area contributed by atoms with Crippen LogP contribution in [0.5, 0.6) is 0 Å². The maximum atomic E-state index is 12.8. The van der Waals surface area contributed by atoms with Gasteiger partial charge >= 0.3 is 0 Å². The second-order valence-corrected chi connectivity index (χ2v) is 4.62. The van der Waals surface area contributed by atoms with Crippen molar-refractivity contribution in [2.45, 2.75) is 13.5 Å². The highest BCUT2D eigenvalue weighted by atomic mass is 19.1. The number of hydrogen-bond acceptors (Lipinski definition) is 4. The molecule has 3 aromatic rings. The number of halogens is 1. The summed E-state index contributed by atoms with van der Waals surface area (Å²) in [7, 11) is 0. The number of azo groups is 1. The molecular weight excluding hydrogens is 271 g/mol. The predicted molar refractivity (Wildman–Crippen MR) is 76.4 cm³/mol. The summed E-state index contributed by atoms with van der Waals surface area (Å²) in [5, 5.41) is 17.5. The van der Waals surface area contributed by atoms with Crippen molar-refractivity contribution in [3.8, 4) is 0 Å². The van der Waals surface area contributed by atoms with E-state index >= 15 is 0 Å². The summed E-state index contributed by atoms with van der Waals surface area (Å²) in [5.74, 6) is 0.275. The van der Waals surface area contributed by atoms with E-state index in [2.05, 4.69) is 15.2 Å². The largest absolute Gasteiger partial charge is 0.392 e. The number of aliphatic hydroxyl groups is 1. The smallest absolute Gasteiger partial charge is 0.182 e. The molecular formula is C15H13FN4O. The Morgan fingerprint density at radius 1 is 1.14 bits per heavy atom. The second-order valence-electron chi connectivity index (χ2n) is 4.62. The highest BCUT2D eigenvalue weighted by Gasteiger charge is 2.08. The number of imidazole rings is 1. The number of pyridine rings is 1. The Labute approximate surface area is 120 Å². The molecule has 0 bridgehead atoms. The van der Waals surface area contributed by atoms with Crippen LogP contribution in [-0.4, -0.2) is 14.5 Å². The van der Waals surface area contributed by atoms with E-state index in [4.69, 9.17) is 0 Å². The van der Waals surface area contributed by atoms with Crippen molar-refractivity contribution in [2.75, 3.05) is 0 Å². The van der Waals surface area contributed by atoms with Crippen molar-refractivity contribution in [3.63, 3.8) is 0 Å². The Morgan fingerprint density at radius 2 is 1.90 bits per heavy atom. The summed E-state index contributed by atoms with van der Waals surface area (Å²) in [6.07, 6.45) is 1.77. The van der Waals surface area contributed by atoms with Gasteiger partial charge in [-0.25, -0.2) is 9.37 Å². The van der Waals surface area contributed by atoms with E-state index in [1.807, 2.05) is 19.1 Å². The van der Waals surface area contributed by atoms with Gasteiger partial charge in [0.2, 0.25) is 0 Å². The lowest BCUT2D eigenvalue weighted by molar-refractivity contribution is 0.281. The van der Waals surface area contributed by atoms with Crippen LogP contribution in [-0.2, 0) is 6.61 Å². The molecule has 106 valence electrons. The fourth-order valence-electron chi connectivity index (χ4n) is 2.02. The predicted octanol–water partition coefficient (Wildman–Crippen LogP) is 3.69. The molecule has 3 rings (SSSR count). The molecule has 0 spiro atoms. The molecule has 0 aliphatic rings. The van der Waals surface area contributed by atoms with Crippen molar-refractivity contribution in [1.82, 2.24) is 9.38 Å². The SMILES string of the molecule is Cc1nc2ccc(CO)cn2c1N=Nc1ccc(F)cc1. The van der Waals surface area contributed by atoms with E-state index in [-0.39, 0.29) is 12.4 Å². The summed E-state index contributed by atoms with van der Waals surface area (Å²) in [5.41, 5.74) is 2.79. The van der Waals surface area contributed by atoms with Gasteiger partial charge in [0.15, 0.2) is 5.82 Å². The number of nitrogens with zero attached hydrogens (tertiary/aromatic N) is 4. The molecule has 0 aliphatic heterocycles. The number of rotatable bonds is 3. The van der Waals surface area contributed by atoms with Gasteiger partial charge in [-0.1, -0.05) is 6.07 Å². The maximum Gasteiger partial charge on any atom is 0.182 e. The van der Waals surface area contributed by atoms with Gasteiger partial charge in [-0.3, -0.25) is 4.40 Å². The second kappa shape index (κ2) is 5.41. The van der Waals surface area contributed by atoms with Crippen molar-refractivity contribution in [2.24, 2.45) is 10.2 Å². The van der Waals surface area contributed by atoms with E-state index in [1.54, 1.807) is 22.7 Å². The number of aliphatic hydroxyl groups excluding tert-OH is 1. The molecule has 1 N–H and O–H groups in total. The molecule has 0 saturated carbocycles. The molecule has 2 heterocycles. The summed E-state index contributed by atoms with van der Waals surface area (Å²) < 4.78 is 14.6. The summed E-state index contributed by atoms with van der Waals surface area (Å²) in [6, 6.07) is 9.39. The van der Waals surface area contributed by atoms with Crippen LogP contribution >= 0.6 is 0 Å². The third kappa shape index (κ3) is 2.66. The molecule has 21 heavy (non-hydrogen) atoms. The normalized spacial score (nSPS) is 11.6. The van der Waals surface area contributed by atoms with Crippen molar-refractivity contribution >= 4 is 17.2 Å².